The van der Waals surface area contributed by atoms with Crippen molar-refractivity contribution in [3.05, 3.63) is 12.2 Å². The number of ketones is 1. The molecule has 0 unspecified atom stereocenters. The van der Waals surface area contributed by atoms with Gasteiger partial charge in [-0.25, -0.2) is 0 Å². The third-order valence-electron chi connectivity index (χ3n) is 0.824. The minimum absolute atomic E-state index is 0.121. The van der Waals surface area contributed by atoms with E-state index in [-0.39, 0.29) is 11.5 Å². The molecule has 0 aliphatic carbocycles. The molecule has 0 aromatic rings. The summed E-state index contributed by atoms with van der Waals surface area (Å²) in [6.07, 6.45) is 2.50. The van der Waals surface area contributed by atoms with Gasteiger partial charge in [0.05, 0.1) is 0 Å². The Kier molecular flexibility index (Phi) is 1.20. The van der Waals surface area contributed by atoms with Crippen molar-refractivity contribution in [1.82, 2.24) is 0 Å². The van der Waals surface area contributed by atoms with Gasteiger partial charge in [-0.15, -0.1) is 0 Å². The van der Waals surface area contributed by atoms with Gasteiger partial charge in [0, 0.05) is 0 Å². The van der Waals surface area contributed by atoms with Gasteiger partial charge < -0.3 is 0 Å². The maximum atomic E-state index is 10.3. The normalized spacial score (nSPS) is 16.5. The Morgan fingerprint density at radius 3 is 2.38 bits per heavy atom. The van der Waals surface area contributed by atoms with Gasteiger partial charge in [-0.2, -0.15) is 0 Å². The monoisotopic (exact) mass is 106 g/mol. The second-order valence-electron chi connectivity index (χ2n) is 1.47. The quantitative estimate of drug-likeness (QED) is 0.377. The zero-order valence-corrected chi connectivity index (χ0v) is 4.13. The number of hydrogen-bond donors (Lipinski definition) is 0. The Morgan fingerprint density at radius 1 is 1.25 bits per heavy atom. The fourth-order valence-electron chi connectivity index (χ4n) is 0.440. The average Bonchev–Trinajstić information content (AvgIpc) is 1.77. The standard InChI is InChI=1S/C5H3BO2/c7-4-1-2-5(8)6-3-4/h1-3H. The number of carbonyl (C=O) groups excluding carboxylic acids is 2. The van der Waals surface area contributed by atoms with Gasteiger partial charge in [0.1, 0.15) is 0 Å². The van der Waals surface area contributed by atoms with Crippen molar-refractivity contribution < 1.29 is 9.59 Å². The fraction of sp³-hybridized carbons (Fsp3) is 0. The van der Waals surface area contributed by atoms with Crippen LogP contribution in [0.25, 0.3) is 0 Å². The van der Waals surface area contributed by atoms with Gasteiger partial charge in [0.25, 0.3) is 0 Å². The molecule has 3 heteroatoms. The summed E-state index contributed by atoms with van der Waals surface area (Å²) in [6.45, 7) is 1.25. The SMILES string of the molecule is O=C1B=CC(=O)C=C1. The molecule has 0 amide bonds. The van der Waals surface area contributed by atoms with Crippen molar-refractivity contribution in [2.24, 2.45) is 0 Å². The first-order valence-corrected chi connectivity index (χ1v) is 2.23. The van der Waals surface area contributed by atoms with Crippen LogP contribution in [0.2, 0.25) is 0 Å². The maximum absolute atomic E-state index is 10.3. The van der Waals surface area contributed by atoms with E-state index in [0.717, 1.165) is 0 Å². The Morgan fingerprint density at radius 2 is 2.00 bits per heavy atom. The first-order chi connectivity index (χ1) is 3.79. The summed E-state index contributed by atoms with van der Waals surface area (Å²) in [4.78, 5) is 20.6. The van der Waals surface area contributed by atoms with E-state index in [1.54, 1.807) is 0 Å². The molecule has 0 bridgehead atoms. The Hall–Kier alpha value is -0.985. The van der Waals surface area contributed by atoms with Crippen LogP contribution in [0.15, 0.2) is 12.2 Å². The van der Waals surface area contributed by atoms with E-state index < -0.39 is 0 Å². The Labute approximate surface area is 47.1 Å². The van der Waals surface area contributed by atoms with E-state index in [2.05, 4.69) is 0 Å². The van der Waals surface area contributed by atoms with Crippen LogP contribution in [-0.2, 0) is 9.59 Å². The van der Waals surface area contributed by atoms with Crippen LogP contribution in [0.4, 0.5) is 0 Å². The van der Waals surface area contributed by atoms with E-state index in [0.29, 0.717) is 0 Å². The van der Waals surface area contributed by atoms with Gasteiger partial charge in [-0.3, -0.25) is 0 Å². The fourth-order valence-corrected chi connectivity index (χ4v) is 0.440. The van der Waals surface area contributed by atoms with E-state index in [1.165, 1.54) is 25.0 Å². The Balaban J connectivity index is 2.83. The summed E-state index contributed by atoms with van der Waals surface area (Å²) in [5.74, 6) is 1.13. The summed E-state index contributed by atoms with van der Waals surface area (Å²) in [6, 6.07) is 0. The summed E-state index contributed by atoms with van der Waals surface area (Å²) in [5.41, 5.74) is -0.121. The van der Waals surface area contributed by atoms with Crippen LogP contribution < -0.4 is 0 Å². The molecule has 8 heavy (non-hydrogen) atoms. The molecule has 1 aliphatic rings. The van der Waals surface area contributed by atoms with Gasteiger partial charge in [0.2, 0.25) is 0 Å². The molecular formula is C5H3BO2. The molecule has 1 heterocycles. The molecule has 0 aromatic heterocycles. The van der Waals surface area contributed by atoms with Crippen molar-refractivity contribution in [1.29, 1.82) is 0 Å². The van der Waals surface area contributed by atoms with E-state index in [9.17, 15) is 9.59 Å². The number of carbonyl (C=O) groups is 2. The molecule has 0 fully saturated rings. The van der Waals surface area contributed by atoms with E-state index in [1.807, 2.05) is 0 Å². The van der Waals surface area contributed by atoms with Crippen molar-refractivity contribution in [2.45, 2.75) is 0 Å². The first kappa shape index (κ1) is 5.16. The predicted molar refractivity (Wildman–Crippen MR) is 31.0 cm³/mol. The summed E-state index contributed by atoms with van der Waals surface area (Å²) < 4.78 is 0. The van der Waals surface area contributed by atoms with Crippen molar-refractivity contribution in [3.63, 3.8) is 0 Å². The van der Waals surface area contributed by atoms with E-state index >= 15 is 0 Å². The zero-order chi connectivity index (χ0) is 5.98. The molecule has 0 saturated heterocycles. The van der Waals surface area contributed by atoms with Crippen LogP contribution >= 0.6 is 0 Å². The molecule has 0 aromatic carbocycles. The third kappa shape index (κ3) is 0.995. The molecule has 38 valence electrons. The molecular weight excluding hydrogens is 103 g/mol. The molecule has 0 N–H and O–H groups in total. The second-order valence-corrected chi connectivity index (χ2v) is 1.47. The molecule has 0 radical (unpaired) electrons. The van der Waals surface area contributed by atoms with Crippen molar-refractivity contribution in [3.8, 4) is 0 Å². The number of hydrogen-bond acceptors (Lipinski definition) is 2. The summed E-state index contributed by atoms with van der Waals surface area (Å²) in [5, 5.41) is 0. The minimum atomic E-state index is -0.121. The molecule has 1 rings (SSSR count). The van der Waals surface area contributed by atoms with Gasteiger partial charge in [0.15, 0.2) is 0 Å². The first-order valence-electron chi connectivity index (χ1n) is 2.23. The van der Waals surface area contributed by atoms with Crippen LogP contribution in [0.5, 0.6) is 0 Å². The van der Waals surface area contributed by atoms with Gasteiger partial charge in [-0.05, 0) is 0 Å². The van der Waals surface area contributed by atoms with E-state index in [4.69, 9.17) is 0 Å². The second kappa shape index (κ2) is 1.86. The zero-order valence-electron chi connectivity index (χ0n) is 4.13. The summed E-state index contributed by atoms with van der Waals surface area (Å²) >= 11 is 0. The Bertz CT molecular complexity index is 153. The topological polar surface area (TPSA) is 34.1 Å². The van der Waals surface area contributed by atoms with Crippen molar-refractivity contribution >= 4 is 24.4 Å². The van der Waals surface area contributed by atoms with Crippen molar-refractivity contribution in [2.75, 3.05) is 0 Å². The van der Waals surface area contributed by atoms with Crippen LogP contribution in [0, 0.1) is 0 Å². The summed E-state index contributed by atoms with van der Waals surface area (Å²) in [7, 11) is 0. The molecule has 0 saturated carbocycles. The van der Waals surface area contributed by atoms with Crippen LogP contribution in [0.3, 0.4) is 0 Å². The third-order valence-corrected chi connectivity index (χ3v) is 0.824. The predicted octanol–water partition coefficient (Wildman–Crippen LogP) is -0.842. The number of rotatable bonds is 0. The molecule has 1 aliphatic heterocycles. The number of allylic oxidation sites excluding steroid dienone is 2. The van der Waals surface area contributed by atoms with Gasteiger partial charge >= 0.3 is 46.1 Å². The molecule has 2 nitrogen and oxygen atoms in total. The van der Waals surface area contributed by atoms with Crippen LogP contribution in [-0.4, -0.2) is 24.4 Å². The molecule has 0 atom stereocenters. The average molecular weight is 106 g/mol. The van der Waals surface area contributed by atoms with Gasteiger partial charge in [-0.1, -0.05) is 0 Å². The van der Waals surface area contributed by atoms with Crippen LogP contribution in [0.1, 0.15) is 0 Å². The molecule has 0 spiro atoms.